The Bertz CT molecular complexity index is 675. The van der Waals surface area contributed by atoms with Gasteiger partial charge in [0.2, 0.25) is 0 Å². The summed E-state index contributed by atoms with van der Waals surface area (Å²) >= 11 is 6.84. The fourth-order valence-corrected chi connectivity index (χ4v) is 2.53. The number of halogens is 2. The van der Waals surface area contributed by atoms with Crippen LogP contribution in [-0.2, 0) is 4.74 Å². The van der Waals surface area contributed by atoms with Gasteiger partial charge in [-0.2, -0.15) is 9.78 Å². The summed E-state index contributed by atoms with van der Waals surface area (Å²) in [7, 11) is 1.58. The van der Waals surface area contributed by atoms with Crippen LogP contribution in [0.15, 0.2) is 18.2 Å². The van der Waals surface area contributed by atoms with E-state index in [2.05, 4.69) is 37.0 Å². The number of rotatable bonds is 2. The molecular formula is C14H16Br2N2O3. The second kappa shape index (κ2) is 5.96. The lowest BCUT2D eigenvalue weighted by Crippen LogP contribution is -2.27. The molecule has 2 rings (SSSR count). The van der Waals surface area contributed by atoms with E-state index in [1.54, 1.807) is 13.2 Å². The van der Waals surface area contributed by atoms with Crippen molar-refractivity contribution < 1.29 is 14.3 Å². The van der Waals surface area contributed by atoms with E-state index in [0.717, 1.165) is 5.39 Å². The summed E-state index contributed by atoms with van der Waals surface area (Å²) in [6, 6.07) is 5.46. The van der Waals surface area contributed by atoms with Crippen LogP contribution in [0.3, 0.4) is 0 Å². The number of hydrogen-bond donors (Lipinski definition) is 0. The summed E-state index contributed by atoms with van der Waals surface area (Å²) in [5.41, 5.74) is 0.761. The predicted octanol–water partition coefficient (Wildman–Crippen LogP) is 4.62. The van der Waals surface area contributed by atoms with Crippen LogP contribution >= 0.6 is 31.9 Å². The Balaban J connectivity index is 2.59. The van der Waals surface area contributed by atoms with E-state index >= 15 is 0 Å². The minimum absolute atomic E-state index is 0.162. The van der Waals surface area contributed by atoms with Crippen LogP contribution < -0.4 is 4.74 Å². The smallest absolute Gasteiger partial charge is 0.435 e. The molecule has 0 atom stereocenters. The second-order valence-corrected chi connectivity index (χ2v) is 8.52. The Labute approximate surface area is 139 Å². The molecule has 2 aromatic rings. The number of fused-ring (bicyclic) bond motifs is 1. The van der Waals surface area contributed by atoms with Crippen molar-refractivity contribution in [1.82, 2.24) is 9.78 Å². The van der Waals surface area contributed by atoms with Crippen molar-refractivity contribution in [1.29, 1.82) is 0 Å². The number of nitrogens with zero attached hydrogens (tertiary/aromatic N) is 2. The number of aromatic nitrogens is 2. The maximum absolute atomic E-state index is 12.3. The average molecular weight is 420 g/mol. The van der Waals surface area contributed by atoms with Crippen LogP contribution in [0.2, 0.25) is 0 Å². The third-order valence-electron chi connectivity index (χ3n) is 2.69. The molecule has 0 radical (unpaired) electrons. The SMILES string of the molecule is COc1ccc2c(C(Br)Br)nn(C(=O)OC(C)(C)C)c2c1. The fourth-order valence-electron chi connectivity index (χ4n) is 1.85. The van der Waals surface area contributed by atoms with Gasteiger partial charge in [0.15, 0.2) is 0 Å². The third-order valence-corrected chi connectivity index (χ3v) is 3.56. The maximum atomic E-state index is 12.3. The minimum Gasteiger partial charge on any atom is -0.497 e. The first kappa shape index (κ1) is 16.3. The zero-order chi connectivity index (χ0) is 15.8. The van der Waals surface area contributed by atoms with Gasteiger partial charge in [-0.25, -0.2) is 4.79 Å². The Morgan fingerprint density at radius 1 is 1.33 bits per heavy atom. The number of carbonyl (C=O) groups excluding carboxylic acids is 1. The molecule has 114 valence electrons. The number of methoxy groups -OCH3 is 1. The minimum atomic E-state index is -0.587. The van der Waals surface area contributed by atoms with E-state index in [0.29, 0.717) is 17.0 Å². The van der Waals surface area contributed by atoms with E-state index in [9.17, 15) is 4.79 Å². The van der Waals surface area contributed by atoms with Gasteiger partial charge < -0.3 is 9.47 Å². The van der Waals surface area contributed by atoms with Gasteiger partial charge in [-0.05, 0) is 32.9 Å². The summed E-state index contributed by atoms with van der Waals surface area (Å²) in [5, 5.41) is 5.19. The summed E-state index contributed by atoms with van der Waals surface area (Å²) < 4.78 is 11.7. The van der Waals surface area contributed by atoms with Gasteiger partial charge in [0.05, 0.1) is 18.3 Å². The molecule has 1 aromatic carbocycles. The third kappa shape index (κ3) is 3.58. The molecule has 0 N–H and O–H groups in total. The molecule has 0 aliphatic rings. The molecule has 21 heavy (non-hydrogen) atoms. The second-order valence-electron chi connectivity index (χ2n) is 5.46. The zero-order valence-electron chi connectivity index (χ0n) is 12.2. The van der Waals surface area contributed by atoms with Crippen molar-refractivity contribution in [3.8, 4) is 5.75 Å². The molecule has 0 amide bonds. The fraction of sp³-hybridized carbons (Fsp3) is 0.429. The molecule has 0 unspecified atom stereocenters. The topological polar surface area (TPSA) is 53.4 Å². The number of ether oxygens (including phenoxy) is 2. The summed E-state index contributed by atoms with van der Waals surface area (Å²) in [6.07, 6.45) is -0.521. The van der Waals surface area contributed by atoms with Crippen molar-refractivity contribution in [3.63, 3.8) is 0 Å². The quantitative estimate of drug-likeness (QED) is 0.666. The summed E-state index contributed by atoms with van der Waals surface area (Å²) in [5.74, 6) is 0.652. The van der Waals surface area contributed by atoms with Gasteiger partial charge in [0.25, 0.3) is 0 Å². The lowest BCUT2D eigenvalue weighted by Gasteiger charge is -2.19. The summed E-state index contributed by atoms with van der Waals surface area (Å²) in [6.45, 7) is 5.45. The largest absolute Gasteiger partial charge is 0.497 e. The highest BCUT2D eigenvalue weighted by molar-refractivity contribution is 9.24. The zero-order valence-corrected chi connectivity index (χ0v) is 15.4. The van der Waals surface area contributed by atoms with E-state index in [4.69, 9.17) is 9.47 Å². The van der Waals surface area contributed by atoms with Crippen LogP contribution in [0.25, 0.3) is 10.9 Å². The van der Waals surface area contributed by atoms with Gasteiger partial charge in [0.1, 0.15) is 15.1 Å². The first-order chi connectivity index (χ1) is 9.73. The Morgan fingerprint density at radius 2 is 2.00 bits per heavy atom. The van der Waals surface area contributed by atoms with E-state index in [1.165, 1.54) is 4.68 Å². The average Bonchev–Trinajstić information content (AvgIpc) is 2.75. The van der Waals surface area contributed by atoms with Gasteiger partial charge in [-0.15, -0.1) is 0 Å². The van der Waals surface area contributed by atoms with Crippen LogP contribution in [-0.4, -0.2) is 28.6 Å². The van der Waals surface area contributed by atoms with Gasteiger partial charge in [0, 0.05) is 11.5 Å². The van der Waals surface area contributed by atoms with Gasteiger partial charge >= 0.3 is 6.09 Å². The van der Waals surface area contributed by atoms with Crippen molar-refractivity contribution in [2.24, 2.45) is 0 Å². The van der Waals surface area contributed by atoms with E-state index in [-0.39, 0.29) is 3.74 Å². The van der Waals surface area contributed by atoms with Gasteiger partial charge in [-0.1, -0.05) is 31.9 Å². The lowest BCUT2D eigenvalue weighted by atomic mass is 10.2. The highest BCUT2D eigenvalue weighted by Gasteiger charge is 2.24. The summed E-state index contributed by atoms with van der Waals surface area (Å²) in [4.78, 5) is 12.3. The molecule has 0 aliphatic carbocycles. The Kier molecular flexibility index (Phi) is 4.63. The Morgan fingerprint density at radius 3 is 2.52 bits per heavy atom. The van der Waals surface area contributed by atoms with Crippen LogP contribution in [0.5, 0.6) is 5.75 Å². The molecule has 0 aliphatic heterocycles. The molecule has 0 spiro atoms. The monoisotopic (exact) mass is 418 g/mol. The molecule has 5 nitrogen and oxygen atoms in total. The maximum Gasteiger partial charge on any atom is 0.435 e. The van der Waals surface area contributed by atoms with Crippen LogP contribution in [0.4, 0.5) is 4.79 Å². The predicted molar refractivity (Wildman–Crippen MR) is 88.5 cm³/mol. The number of hydrogen-bond acceptors (Lipinski definition) is 4. The first-order valence-corrected chi connectivity index (χ1v) is 8.14. The molecule has 0 bridgehead atoms. The normalized spacial score (nSPS) is 12.0. The lowest BCUT2D eigenvalue weighted by molar-refractivity contribution is 0.0522. The van der Waals surface area contributed by atoms with Crippen LogP contribution in [0.1, 0.15) is 30.2 Å². The standard InChI is InChI=1S/C14H16Br2N2O3/c1-14(2,3)21-13(19)18-10-7-8(20-4)5-6-9(10)11(17-18)12(15)16/h5-7,12H,1-4H3. The highest BCUT2D eigenvalue weighted by atomic mass is 79.9. The van der Waals surface area contributed by atoms with E-state index < -0.39 is 11.7 Å². The molecule has 0 saturated carbocycles. The van der Waals surface area contributed by atoms with Crippen LogP contribution in [0, 0.1) is 0 Å². The number of alkyl halides is 2. The first-order valence-electron chi connectivity index (χ1n) is 6.31. The van der Waals surface area contributed by atoms with E-state index in [1.807, 2.05) is 32.9 Å². The van der Waals surface area contributed by atoms with Gasteiger partial charge in [-0.3, -0.25) is 0 Å². The molecule has 0 saturated heterocycles. The molecule has 1 heterocycles. The van der Waals surface area contributed by atoms with Crippen molar-refractivity contribution >= 4 is 48.9 Å². The van der Waals surface area contributed by atoms with Crippen molar-refractivity contribution in [2.45, 2.75) is 30.1 Å². The Hall–Kier alpha value is -1.08. The number of carbonyl (C=O) groups is 1. The molecule has 7 heteroatoms. The number of benzene rings is 1. The van der Waals surface area contributed by atoms with Crippen molar-refractivity contribution in [2.75, 3.05) is 7.11 Å². The molecule has 0 fully saturated rings. The van der Waals surface area contributed by atoms with Crippen molar-refractivity contribution in [3.05, 3.63) is 23.9 Å². The highest BCUT2D eigenvalue weighted by Crippen LogP contribution is 2.35. The molecular weight excluding hydrogens is 404 g/mol. The molecule has 1 aromatic heterocycles.